The fourth-order valence-electron chi connectivity index (χ4n) is 2.42. The molecule has 5 heteroatoms. The number of halogens is 1. The Morgan fingerprint density at radius 1 is 1.67 bits per heavy atom. The maximum Gasteiger partial charge on any atom is 0.217 e. The van der Waals surface area contributed by atoms with Gasteiger partial charge in [-0.25, -0.2) is 4.98 Å². The third-order valence-corrected chi connectivity index (χ3v) is 4.20. The summed E-state index contributed by atoms with van der Waals surface area (Å²) in [4.78, 5) is 17.7. The molecule has 2 heterocycles. The van der Waals surface area contributed by atoms with Gasteiger partial charge in [0.05, 0.1) is 0 Å². The molecule has 1 unspecified atom stereocenters. The standard InChI is InChI=1S/C13H18BrN3O/c1-9-5-13(16-7-11(9)14)17-4-2-3-10(8-17)6-12(15)18/h5,7,10H,2-4,6,8H2,1H3,(H2,15,18). The SMILES string of the molecule is Cc1cc(N2CCCC(CC(N)=O)C2)ncc1Br. The van der Waals surface area contributed by atoms with Crippen molar-refractivity contribution in [3.8, 4) is 0 Å². The molecule has 0 spiro atoms. The highest BCUT2D eigenvalue weighted by atomic mass is 79.9. The average Bonchev–Trinajstić information content (AvgIpc) is 2.32. The van der Waals surface area contributed by atoms with Crippen LogP contribution in [0, 0.1) is 12.8 Å². The van der Waals surface area contributed by atoms with Crippen molar-refractivity contribution in [2.24, 2.45) is 11.7 Å². The second-order valence-corrected chi connectivity index (χ2v) is 5.77. The van der Waals surface area contributed by atoms with E-state index >= 15 is 0 Å². The molecule has 1 aliphatic rings. The molecule has 1 aromatic heterocycles. The van der Waals surface area contributed by atoms with Gasteiger partial charge in [-0.15, -0.1) is 0 Å². The number of anilines is 1. The van der Waals surface area contributed by atoms with Crippen LogP contribution in [0.2, 0.25) is 0 Å². The molecule has 1 aromatic rings. The predicted octanol–water partition coefficient (Wildman–Crippen LogP) is 2.24. The molecule has 1 saturated heterocycles. The van der Waals surface area contributed by atoms with Gasteiger partial charge in [0, 0.05) is 30.2 Å². The van der Waals surface area contributed by atoms with Gasteiger partial charge >= 0.3 is 0 Å². The highest BCUT2D eigenvalue weighted by molar-refractivity contribution is 9.10. The van der Waals surface area contributed by atoms with Gasteiger partial charge in [0.15, 0.2) is 0 Å². The van der Waals surface area contributed by atoms with E-state index in [1.165, 1.54) is 5.56 Å². The first-order chi connectivity index (χ1) is 8.56. The zero-order valence-corrected chi connectivity index (χ0v) is 12.1. The molecule has 0 saturated carbocycles. The van der Waals surface area contributed by atoms with Gasteiger partial charge < -0.3 is 10.6 Å². The minimum atomic E-state index is -0.207. The zero-order valence-electron chi connectivity index (χ0n) is 10.5. The van der Waals surface area contributed by atoms with Crippen molar-refractivity contribution in [2.75, 3.05) is 18.0 Å². The number of carbonyl (C=O) groups excluding carboxylic acids is 1. The van der Waals surface area contributed by atoms with Crippen LogP contribution in [0.4, 0.5) is 5.82 Å². The molecule has 98 valence electrons. The minimum Gasteiger partial charge on any atom is -0.370 e. The third-order valence-electron chi connectivity index (χ3n) is 3.37. The molecule has 1 aliphatic heterocycles. The fourth-order valence-corrected chi connectivity index (χ4v) is 2.64. The minimum absolute atomic E-state index is 0.207. The Kier molecular flexibility index (Phi) is 4.22. The lowest BCUT2D eigenvalue weighted by atomic mass is 9.94. The molecular formula is C13H18BrN3O. The summed E-state index contributed by atoms with van der Waals surface area (Å²) in [5.74, 6) is 1.15. The van der Waals surface area contributed by atoms with Gasteiger partial charge in [-0.1, -0.05) is 0 Å². The van der Waals surface area contributed by atoms with Crippen molar-refractivity contribution in [2.45, 2.75) is 26.2 Å². The van der Waals surface area contributed by atoms with E-state index in [2.05, 4.69) is 38.8 Å². The maximum absolute atomic E-state index is 11.0. The number of pyridine rings is 1. The number of rotatable bonds is 3. The third kappa shape index (κ3) is 3.22. The van der Waals surface area contributed by atoms with E-state index in [9.17, 15) is 4.79 Å². The summed E-state index contributed by atoms with van der Waals surface area (Å²) in [6, 6.07) is 2.08. The van der Waals surface area contributed by atoms with Gasteiger partial charge in [-0.2, -0.15) is 0 Å². The Morgan fingerprint density at radius 2 is 2.44 bits per heavy atom. The van der Waals surface area contributed by atoms with Crippen LogP contribution in [0.5, 0.6) is 0 Å². The normalized spacial score (nSPS) is 19.9. The highest BCUT2D eigenvalue weighted by Gasteiger charge is 2.22. The Balaban J connectivity index is 2.08. The second-order valence-electron chi connectivity index (χ2n) is 4.92. The molecule has 18 heavy (non-hydrogen) atoms. The molecule has 0 aliphatic carbocycles. The summed E-state index contributed by atoms with van der Waals surface area (Å²) >= 11 is 3.46. The number of hydrogen-bond donors (Lipinski definition) is 1. The van der Waals surface area contributed by atoms with Crippen molar-refractivity contribution >= 4 is 27.7 Å². The molecule has 2 N–H and O–H groups in total. The Bertz CT molecular complexity index is 450. The average molecular weight is 312 g/mol. The van der Waals surface area contributed by atoms with Crippen molar-refractivity contribution < 1.29 is 4.79 Å². The molecule has 1 fully saturated rings. The van der Waals surface area contributed by atoms with Crippen molar-refractivity contribution in [3.63, 3.8) is 0 Å². The largest absolute Gasteiger partial charge is 0.370 e. The van der Waals surface area contributed by atoms with Gasteiger partial charge in [-0.3, -0.25) is 4.79 Å². The van der Waals surface area contributed by atoms with Gasteiger partial charge in [0.1, 0.15) is 5.82 Å². The van der Waals surface area contributed by atoms with Crippen LogP contribution in [0.15, 0.2) is 16.7 Å². The van der Waals surface area contributed by atoms with Crippen LogP contribution >= 0.6 is 15.9 Å². The maximum atomic E-state index is 11.0. The number of primary amides is 1. The zero-order chi connectivity index (χ0) is 13.1. The smallest absolute Gasteiger partial charge is 0.217 e. The fraction of sp³-hybridized carbons (Fsp3) is 0.538. The molecular weight excluding hydrogens is 294 g/mol. The molecule has 0 radical (unpaired) electrons. The summed E-state index contributed by atoms with van der Waals surface area (Å²) in [5.41, 5.74) is 6.45. The molecule has 4 nitrogen and oxygen atoms in total. The Hall–Kier alpha value is -1.10. The molecule has 1 atom stereocenters. The Labute approximate surface area is 116 Å². The molecule has 0 bridgehead atoms. The highest BCUT2D eigenvalue weighted by Crippen LogP contribution is 2.26. The number of aryl methyl sites for hydroxylation is 1. The summed E-state index contributed by atoms with van der Waals surface area (Å²) in [6.07, 6.45) is 4.48. The molecule has 1 amide bonds. The Morgan fingerprint density at radius 3 is 3.11 bits per heavy atom. The lowest BCUT2D eigenvalue weighted by molar-refractivity contribution is -0.118. The first-order valence-corrected chi connectivity index (χ1v) is 7.01. The van der Waals surface area contributed by atoms with Crippen LogP contribution in [0.1, 0.15) is 24.8 Å². The number of nitrogens with zero attached hydrogens (tertiary/aromatic N) is 2. The number of aromatic nitrogens is 1. The topological polar surface area (TPSA) is 59.2 Å². The number of piperidine rings is 1. The van der Waals surface area contributed by atoms with Crippen molar-refractivity contribution in [3.05, 3.63) is 22.3 Å². The van der Waals surface area contributed by atoms with Gasteiger partial charge in [-0.05, 0) is 53.2 Å². The van der Waals surface area contributed by atoms with E-state index in [-0.39, 0.29) is 5.91 Å². The van der Waals surface area contributed by atoms with E-state index < -0.39 is 0 Å². The number of nitrogens with two attached hydrogens (primary N) is 1. The van der Waals surface area contributed by atoms with Crippen LogP contribution in [0.3, 0.4) is 0 Å². The summed E-state index contributed by atoms with van der Waals surface area (Å²) in [6.45, 7) is 3.93. The van der Waals surface area contributed by atoms with Crippen molar-refractivity contribution in [1.82, 2.24) is 4.98 Å². The lowest BCUT2D eigenvalue weighted by Gasteiger charge is -2.33. The van der Waals surface area contributed by atoms with Crippen LogP contribution < -0.4 is 10.6 Å². The quantitative estimate of drug-likeness (QED) is 0.931. The van der Waals surface area contributed by atoms with E-state index in [0.29, 0.717) is 12.3 Å². The predicted molar refractivity (Wildman–Crippen MR) is 75.4 cm³/mol. The number of carbonyl (C=O) groups is 1. The van der Waals surface area contributed by atoms with Gasteiger partial charge in [0.25, 0.3) is 0 Å². The number of hydrogen-bond acceptors (Lipinski definition) is 3. The monoisotopic (exact) mass is 311 g/mol. The van der Waals surface area contributed by atoms with Crippen LogP contribution in [-0.4, -0.2) is 24.0 Å². The van der Waals surface area contributed by atoms with E-state index in [1.54, 1.807) is 0 Å². The first-order valence-electron chi connectivity index (χ1n) is 6.21. The molecule has 2 rings (SSSR count). The number of amides is 1. The second kappa shape index (κ2) is 5.69. The van der Waals surface area contributed by atoms with Crippen LogP contribution in [0.25, 0.3) is 0 Å². The summed E-state index contributed by atoms with van der Waals surface area (Å²) in [5, 5.41) is 0. The summed E-state index contributed by atoms with van der Waals surface area (Å²) < 4.78 is 1.02. The molecule has 0 aromatic carbocycles. The first kappa shape index (κ1) is 13.3. The summed E-state index contributed by atoms with van der Waals surface area (Å²) in [7, 11) is 0. The van der Waals surface area contributed by atoms with E-state index in [1.807, 2.05) is 6.20 Å². The van der Waals surface area contributed by atoms with E-state index in [4.69, 9.17) is 5.73 Å². The van der Waals surface area contributed by atoms with Gasteiger partial charge in [0.2, 0.25) is 5.91 Å². The van der Waals surface area contributed by atoms with Crippen LogP contribution in [-0.2, 0) is 4.79 Å². The van der Waals surface area contributed by atoms with Crippen molar-refractivity contribution in [1.29, 1.82) is 0 Å². The van der Waals surface area contributed by atoms with E-state index in [0.717, 1.165) is 36.2 Å². The lowest BCUT2D eigenvalue weighted by Crippen LogP contribution is -2.37.